The van der Waals surface area contributed by atoms with Crippen molar-refractivity contribution in [3.05, 3.63) is 0 Å². The summed E-state index contributed by atoms with van der Waals surface area (Å²) in [5.74, 6) is 1.03. The van der Waals surface area contributed by atoms with Gasteiger partial charge in [-0.25, -0.2) is 0 Å². The summed E-state index contributed by atoms with van der Waals surface area (Å²) in [4.78, 5) is 0. The Balaban J connectivity index is 2.33. The van der Waals surface area contributed by atoms with Crippen LogP contribution in [0.3, 0.4) is 0 Å². The maximum absolute atomic E-state index is 8.41. The number of nitrogens with zero attached hydrogens (tertiary/aromatic N) is 1. The Morgan fingerprint density at radius 1 is 1.50 bits per heavy atom. The maximum atomic E-state index is 8.41. The quantitative estimate of drug-likeness (QED) is 0.276. The maximum Gasteiger partial charge on any atom is 0.153 e. The van der Waals surface area contributed by atoms with Crippen molar-refractivity contribution in [3.63, 3.8) is 0 Å². The summed E-state index contributed by atoms with van der Waals surface area (Å²) in [6, 6.07) is 0.550. The van der Waals surface area contributed by atoms with Gasteiger partial charge in [0.2, 0.25) is 0 Å². The average molecular weight is 199 g/mol. The third kappa shape index (κ3) is 3.18. The van der Waals surface area contributed by atoms with E-state index in [0.29, 0.717) is 12.6 Å². The van der Waals surface area contributed by atoms with Gasteiger partial charge in [-0.3, -0.25) is 0 Å². The van der Waals surface area contributed by atoms with E-state index in [4.69, 9.17) is 10.9 Å². The molecule has 0 heterocycles. The van der Waals surface area contributed by atoms with Crippen molar-refractivity contribution < 1.29 is 5.21 Å². The molecule has 0 spiro atoms. The first-order valence-electron chi connectivity index (χ1n) is 5.47. The van der Waals surface area contributed by atoms with Crippen LogP contribution in [-0.4, -0.2) is 23.6 Å². The molecule has 0 amide bonds. The molecule has 1 aliphatic carbocycles. The second-order valence-electron chi connectivity index (χ2n) is 4.03. The molecule has 0 saturated heterocycles. The van der Waals surface area contributed by atoms with Crippen molar-refractivity contribution in [2.24, 2.45) is 16.8 Å². The number of nitrogens with one attached hydrogen (secondary N) is 1. The first-order valence-corrected chi connectivity index (χ1v) is 5.47. The summed E-state index contributed by atoms with van der Waals surface area (Å²) in [5.41, 5.74) is 5.41. The fraction of sp³-hybridized carbons (Fsp3) is 0.900. The second-order valence-corrected chi connectivity index (χ2v) is 4.03. The molecule has 14 heavy (non-hydrogen) atoms. The Morgan fingerprint density at radius 3 is 2.86 bits per heavy atom. The lowest BCUT2D eigenvalue weighted by Crippen LogP contribution is -2.42. The lowest BCUT2D eigenvalue weighted by Gasteiger charge is -2.31. The summed E-state index contributed by atoms with van der Waals surface area (Å²) >= 11 is 0. The molecule has 82 valence electrons. The van der Waals surface area contributed by atoms with Crippen LogP contribution in [0.25, 0.3) is 0 Å². The van der Waals surface area contributed by atoms with Crippen LogP contribution in [0.5, 0.6) is 0 Å². The monoisotopic (exact) mass is 199 g/mol. The summed E-state index contributed by atoms with van der Waals surface area (Å²) in [6.07, 6.45) is 6.39. The standard InChI is InChI=1S/C10H21N3O/c1-2-8-5-3-4-6-9(8)12-7-10(11)13-14/h8-9,12,14H,2-7H2,1H3,(H2,11,13). The number of nitrogens with two attached hydrogens (primary N) is 1. The smallest absolute Gasteiger partial charge is 0.153 e. The predicted molar refractivity (Wildman–Crippen MR) is 57.4 cm³/mol. The zero-order chi connectivity index (χ0) is 10.4. The topological polar surface area (TPSA) is 70.6 Å². The fourth-order valence-electron chi connectivity index (χ4n) is 2.24. The van der Waals surface area contributed by atoms with Gasteiger partial charge in [-0.1, -0.05) is 31.3 Å². The molecule has 0 bridgehead atoms. The van der Waals surface area contributed by atoms with Crippen LogP contribution in [0.2, 0.25) is 0 Å². The minimum Gasteiger partial charge on any atom is -0.409 e. The molecule has 1 rings (SSSR count). The molecule has 4 N–H and O–H groups in total. The number of rotatable bonds is 4. The predicted octanol–water partition coefficient (Wildman–Crippen LogP) is 1.29. The van der Waals surface area contributed by atoms with Crippen molar-refractivity contribution in [3.8, 4) is 0 Å². The van der Waals surface area contributed by atoms with E-state index >= 15 is 0 Å². The van der Waals surface area contributed by atoms with E-state index in [1.165, 1.54) is 32.1 Å². The van der Waals surface area contributed by atoms with Crippen LogP contribution in [0.1, 0.15) is 39.0 Å². The SMILES string of the molecule is CCC1CCCCC1NCC(N)=NO. The number of hydrogen-bond donors (Lipinski definition) is 3. The molecule has 0 radical (unpaired) electrons. The number of amidine groups is 1. The summed E-state index contributed by atoms with van der Waals surface area (Å²) < 4.78 is 0. The van der Waals surface area contributed by atoms with E-state index in [0.717, 1.165) is 5.92 Å². The molecule has 1 saturated carbocycles. The van der Waals surface area contributed by atoms with Gasteiger partial charge >= 0.3 is 0 Å². The van der Waals surface area contributed by atoms with E-state index in [2.05, 4.69) is 17.4 Å². The Bertz CT molecular complexity index is 194. The highest BCUT2D eigenvalue weighted by Crippen LogP contribution is 2.26. The molecule has 0 aromatic carbocycles. The van der Waals surface area contributed by atoms with Crippen molar-refractivity contribution >= 4 is 5.84 Å². The highest BCUT2D eigenvalue weighted by Gasteiger charge is 2.22. The second kappa shape index (κ2) is 5.86. The zero-order valence-electron chi connectivity index (χ0n) is 8.87. The van der Waals surface area contributed by atoms with Crippen LogP contribution in [0, 0.1) is 5.92 Å². The van der Waals surface area contributed by atoms with Gasteiger partial charge in [0.25, 0.3) is 0 Å². The Kier molecular flexibility index (Phi) is 4.73. The minimum atomic E-state index is 0.269. The van der Waals surface area contributed by atoms with Gasteiger partial charge in [0, 0.05) is 6.04 Å². The van der Waals surface area contributed by atoms with Gasteiger partial charge in [0.1, 0.15) is 0 Å². The Morgan fingerprint density at radius 2 is 2.21 bits per heavy atom. The lowest BCUT2D eigenvalue weighted by molar-refractivity contribution is 0.261. The zero-order valence-corrected chi connectivity index (χ0v) is 8.87. The van der Waals surface area contributed by atoms with Gasteiger partial charge < -0.3 is 16.3 Å². The molecular weight excluding hydrogens is 178 g/mol. The first kappa shape index (κ1) is 11.3. The Hall–Kier alpha value is -0.770. The van der Waals surface area contributed by atoms with Crippen LogP contribution in [0.4, 0.5) is 0 Å². The molecule has 2 atom stereocenters. The molecule has 0 aromatic heterocycles. The van der Waals surface area contributed by atoms with Crippen molar-refractivity contribution in [1.82, 2.24) is 5.32 Å². The van der Waals surface area contributed by atoms with E-state index < -0.39 is 0 Å². The van der Waals surface area contributed by atoms with E-state index in [1.54, 1.807) is 0 Å². The molecule has 4 nitrogen and oxygen atoms in total. The van der Waals surface area contributed by atoms with Gasteiger partial charge in [-0.15, -0.1) is 0 Å². The highest BCUT2D eigenvalue weighted by molar-refractivity contribution is 5.81. The highest BCUT2D eigenvalue weighted by atomic mass is 16.4. The molecule has 0 aromatic rings. The van der Waals surface area contributed by atoms with E-state index in [9.17, 15) is 0 Å². The molecule has 1 fully saturated rings. The van der Waals surface area contributed by atoms with Crippen LogP contribution < -0.4 is 11.1 Å². The van der Waals surface area contributed by atoms with Gasteiger partial charge in [-0.2, -0.15) is 0 Å². The van der Waals surface area contributed by atoms with Crippen molar-refractivity contribution in [1.29, 1.82) is 0 Å². The molecular formula is C10H21N3O. The minimum absolute atomic E-state index is 0.269. The third-order valence-corrected chi connectivity index (χ3v) is 3.11. The molecule has 4 heteroatoms. The number of oxime groups is 1. The third-order valence-electron chi connectivity index (χ3n) is 3.11. The van der Waals surface area contributed by atoms with Crippen LogP contribution in [-0.2, 0) is 0 Å². The normalized spacial score (nSPS) is 29.1. The average Bonchev–Trinajstić information content (AvgIpc) is 2.26. The molecule has 0 aliphatic heterocycles. The summed E-state index contributed by atoms with van der Waals surface area (Å²) in [5, 5.41) is 14.7. The van der Waals surface area contributed by atoms with Crippen molar-refractivity contribution in [2.75, 3.05) is 6.54 Å². The van der Waals surface area contributed by atoms with Gasteiger partial charge in [0.15, 0.2) is 5.84 Å². The van der Waals surface area contributed by atoms with Gasteiger partial charge in [-0.05, 0) is 18.8 Å². The van der Waals surface area contributed by atoms with Gasteiger partial charge in [0.05, 0.1) is 6.54 Å². The number of hydrogen-bond acceptors (Lipinski definition) is 3. The summed E-state index contributed by atoms with van der Waals surface area (Å²) in [6.45, 7) is 2.73. The molecule has 1 aliphatic rings. The van der Waals surface area contributed by atoms with E-state index in [1.807, 2.05) is 0 Å². The largest absolute Gasteiger partial charge is 0.409 e. The van der Waals surface area contributed by atoms with Crippen LogP contribution in [0.15, 0.2) is 5.16 Å². The van der Waals surface area contributed by atoms with E-state index in [-0.39, 0.29) is 5.84 Å². The lowest BCUT2D eigenvalue weighted by atomic mass is 9.83. The first-order chi connectivity index (χ1) is 6.77. The van der Waals surface area contributed by atoms with Crippen LogP contribution >= 0.6 is 0 Å². The Labute approximate surface area is 85.6 Å². The van der Waals surface area contributed by atoms with Crippen molar-refractivity contribution in [2.45, 2.75) is 45.1 Å². The summed E-state index contributed by atoms with van der Waals surface area (Å²) in [7, 11) is 0. The molecule has 2 unspecified atom stereocenters. The fourth-order valence-corrected chi connectivity index (χ4v) is 2.24.